The van der Waals surface area contributed by atoms with Gasteiger partial charge < -0.3 is 5.32 Å². The fourth-order valence-electron chi connectivity index (χ4n) is 1.78. The highest BCUT2D eigenvalue weighted by molar-refractivity contribution is 14.1. The Balaban J connectivity index is 2.01. The van der Waals surface area contributed by atoms with Gasteiger partial charge in [0.15, 0.2) is 9.84 Å². The van der Waals surface area contributed by atoms with Crippen molar-refractivity contribution in [1.29, 1.82) is 0 Å². The van der Waals surface area contributed by atoms with Gasteiger partial charge in [-0.05, 0) is 53.3 Å². The Labute approximate surface area is 114 Å². The van der Waals surface area contributed by atoms with E-state index >= 15 is 0 Å². The monoisotopic (exact) mass is 365 g/mol. The summed E-state index contributed by atoms with van der Waals surface area (Å²) in [4.78, 5) is 11.8. The number of halogens is 1. The topological polar surface area (TPSA) is 63.2 Å². The van der Waals surface area contributed by atoms with E-state index < -0.39 is 9.84 Å². The van der Waals surface area contributed by atoms with Crippen molar-refractivity contribution >= 4 is 38.3 Å². The van der Waals surface area contributed by atoms with Crippen molar-refractivity contribution in [1.82, 2.24) is 5.32 Å². The third-order valence-corrected chi connectivity index (χ3v) is 5.16. The van der Waals surface area contributed by atoms with Crippen LogP contribution in [0.5, 0.6) is 0 Å². The number of amides is 1. The summed E-state index contributed by atoms with van der Waals surface area (Å²) in [6, 6.07) is 6.93. The highest BCUT2D eigenvalue weighted by Gasteiger charge is 2.28. The van der Waals surface area contributed by atoms with Crippen molar-refractivity contribution in [3.05, 3.63) is 33.4 Å². The molecular weight excluding hydrogens is 353 g/mol. The zero-order valence-electron chi connectivity index (χ0n) is 9.02. The molecule has 0 unspecified atom stereocenters. The van der Waals surface area contributed by atoms with Crippen LogP contribution in [0.4, 0.5) is 0 Å². The van der Waals surface area contributed by atoms with Crippen molar-refractivity contribution < 1.29 is 13.2 Å². The Bertz CT molecular complexity index is 524. The average molecular weight is 365 g/mol. The van der Waals surface area contributed by atoms with E-state index in [0.717, 1.165) is 3.57 Å². The van der Waals surface area contributed by atoms with E-state index in [1.807, 2.05) is 12.1 Å². The first kappa shape index (κ1) is 12.8. The molecule has 0 saturated carbocycles. The molecule has 0 radical (unpaired) electrons. The van der Waals surface area contributed by atoms with Gasteiger partial charge in [-0.1, -0.05) is 0 Å². The number of hydrogen-bond donors (Lipinski definition) is 1. The van der Waals surface area contributed by atoms with Crippen LogP contribution in [0.3, 0.4) is 0 Å². The molecule has 0 bridgehead atoms. The van der Waals surface area contributed by atoms with E-state index in [2.05, 4.69) is 27.9 Å². The predicted octanol–water partition coefficient (Wildman–Crippen LogP) is 1.21. The van der Waals surface area contributed by atoms with Gasteiger partial charge in [0.05, 0.1) is 11.5 Å². The molecule has 0 spiro atoms. The lowest BCUT2D eigenvalue weighted by Gasteiger charge is -2.10. The number of benzene rings is 1. The van der Waals surface area contributed by atoms with Crippen molar-refractivity contribution in [2.75, 3.05) is 11.5 Å². The third-order valence-electron chi connectivity index (χ3n) is 2.67. The third kappa shape index (κ3) is 3.41. The molecule has 1 N–H and O–H groups in total. The average Bonchev–Trinajstić information content (AvgIpc) is 2.59. The fourth-order valence-corrected chi connectivity index (χ4v) is 3.81. The minimum atomic E-state index is -2.95. The van der Waals surface area contributed by atoms with Gasteiger partial charge in [-0.2, -0.15) is 0 Å². The molecule has 1 amide bonds. The summed E-state index contributed by atoms with van der Waals surface area (Å²) in [6.07, 6.45) is 0.512. The molecule has 1 aromatic rings. The van der Waals surface area contributed by atoms with E-state index in [-0.39, 0.29) is 23.5 Å². The SMILES string of the molecule is O=C(N[C@H]1CCS(=O)(=O)C1)c1ccc(I)cc1. The molecule has 1 fully saturated rings. The van der Waals surface area contributed by atoms with Crippen LogP contribution in [-0.2, 0) is 9.84 Å². The molecule has 0 aliphatic carbocycles. The van der Waals surface area contributed by atoms with Crippen LogP contribution in [0.2, 0.25) is 0 Å². The van der Waals surface area contributed by atoms with Crippen LogP contribution in [0.15, 0.2) is 24.3 Å². The second kappa shape index (κ2) is 4.93. The predicted molar refractivity (Wildman–Crippen MR) is 73.7 cm³/mol. The summed E-state index contributed by atoms with van der Waals surface area (Å²) in [5, 5.41) is 2.75. The summed E-state index contributed by atoms with van der Waals surface area (Å²) in [6.45, 7) is 0. The maximum atomic E-state index is 11.8. The zero-order chi connectivity index (χ0) is 12.5. The van der Waals surface area contributed by atoms with Crippen LogP contribution >= 0.6 is 22.6 Å². The van der Waals surface area contributed by atoms with Crippen LogP contribution in [-0.4, -0.2) is 31.9 Å². The van der Waals surface area contributed by atoms with Crippen LogP contribution < -0.4 is 5.32 Å². The Morgan fingerprint density at radius 2 is 1.94 bits per heavy atom. The highest BCUT2D eigenvalue weighted by Crippen LogP contribution is 2.12. The van der Waals surface area contributed by atoms with Gasteiger partial charge in [0.25, 0.3) is 5.91 Å². The summed E-state index contributed by atoms with van der Waals surface area (Å²) in [5.41, 5.74) is 0.565. The molecule has 17 heavy (non-hydrogen) atoms. The van der Waals surface area contributed by atoms with Gasteiger partial charge in [-0.15, -0.1) is 0 Å². The van der Waals surface area contributed by atoms with E-state index in [4.69, 9.17) is 0 Å². The normalized spacial score (nSPS) is 22.3. The standard InChI is InChI=1S/C11H12INO3S/c12-9-3-1-8(2-4-9)11(14)13-10-5-6-17(15,16)7-10/h1-4,10H,5-7H2,(H,13,14)/t10-/m0/s1. The lowest BCUT2D eigenvalue weighted by molar-refractivity contribution is 0.0941. The summed E-state index contributed by atoms with van der Waals surface area (Å²) in [5.74, 6) is 0.0248. The van der Waals surface area contributed by atoms with Crippen molar-refractivity contribution in [2.24, 2.45) is 0 Å². The Morgan fingerprint density at radius 1 is 1.29 bits per heavy atom. The first-order chi connectivity index (χ1) is 7.96. The Hall–Kier alpha value is -0.630. The molecule has 1 saturated heterocycles. The van der Waals surface area contributed by atoms with Gasteiger partial charge in [0.1, 0.15) is 0 Å². The van der Waals surface area contributed by atoms with E-state index in [1.54, 1.807) is 12.1 Å². The molecule has 4 nitrogen and oxygen atoms in total. The van der Waals surface area contributed by atoms with E-state index in [9.17, 15) is 13.2 Å². The van der Waals surface area contributed by atoms with Gasteiger partial charge >= 0.3 is 0 Å². The molecular formula is C11H12INO3S. The minimum Gasteiger partial charge on any atom is -0.348 e. The zero-order valence-corrected chi connectivity index (χ0v) is 12.0. The highest BCUT2D eigenvalue weighted by atomic mass is 127. The Kier molecular flexibility index (Phi) is 3.72. The quantitative estimate of drug-likeness (QED) is 0.802. The second-order valence-electron chi connectivity index (χ2n) is 4.08. The minimum absolute atomic E-state index is 0.0586. The van der Waals surface area contributed by atoms with Gasteiger partial charge in [0, 0.05) is 15.2 Å². The summed E-state index contributed by atoms with van der Waals surface area (Å²) in [7, 11) is -2.95. The Morgan fingerprint density at radius 3 is 2.47 bits per heavy atom. The number of hydrogen-bond acceptors (Lipinski definition) is 3. The van der Waals surface area contributed by atoms with Crippen molar-refractivity contribution in [3.63, 3.8) is 0 Å². The number of rotatable bonds is 2. The van der Waals surface area contributed by atoms with Crippen molar-refractivity contribution in [3.8, 4) is 0 Å². The second-order valence-corrected chi connectivity index (χ2v) is 7.55. The maximum absolute atomic E-state index is 11.8. The maximum Gasteiger partial charge on any atom is 0.251 e. The van der Waals surface area contributed by atoms with Crippen molar-refractivity contribution in [2.45, 2.75) is 12.5 Å². The number of sulfone groups is 1. The summed E-state index contributed by atoms with van der Waals surface area (Å²) < 4.78 is 23.6. The number of carbonyl (C=O) groups is 1. The first-order valence-corrected chi connectivity index (χ1v) is 8.13. The van der Waals surface area contributed by atoms with Crippen LogP contribution in [0.1, 0.15) is 16.8 Å². The molecule has 2 rings (SSSR count). The lowest BCUT2D eigenvalue weighted by Crippen LogP contribution is -2.35. The van der Waals surface area contributed by atoms with E-state index in [0.29, 0.717) is 12.0 Å². The molecule has 1 aromatic carbocycles. The number of carbonyl (C=O) groups excluding carboxylic acids is 1. The molecule has 1 aliphatic rings. The fraction of sp³-hybridized carbons (Fsp3) is 0.364. The van der Waals surface area contributed by atoms with Crippen LogP contribution in [0, 0.1) is 3.57 Å². The van der Waals surface area contributed by atoms with Gasteiger partial charge in [-0.25, -0.2) is 8.42 Å². The van der Waals surface area contributed by atoms with Crippen LogP contribution in [0.25, 0.3) is 0 Å². The molecule has 1 atom stereocenters. The lowest BCUT2D eigenvalue weighted by atomic mass is 10.2. The van der Waals surface area contributed by atoms with E-state index in [1.165, 1.54) is 0 Å². The smallest absolute Gasteiger partial charge is 0.251 e. The molecule has 92 valence electrons. The first-order valence-electron chi connectivity index (χ1n) is 5.23. The van der Waals surface area contributed by atoms with Gasteiger partial charge in [-0.3, -0.25) is 4.79 Å². The molecule has 1 heterocycles. The largest absolute Gasteiger partial charge is 0.348 e. The molecule has 6 heteroatoms. The van der Waals surface area contributed by atoms with Gasteiger partial charge in [0.2, 0.25) is 0 Å². The number of nitrogens with one attached hydrogen (secondary N) is 1. The molecule has 0 aromatic heterocycles. The molecule has 1 aliphatic heterocycles. The summed E-state index contributed by atoms with van der Waals surface area (Å²) >= 11 is 2.16.